The third-order valence-corrected chi connectivity index (χ3v) is 2.77. The quantitative estimate of drug-likeness (QED) is 0.518. The molecule has 0 saturated carbocycles. The summed E-state index contributed by atoms with van der Waals surface area (Å²) in [4.78, 5) is 11.6. The average molecular weight is 211 g/mol. The molecule has 0 bridgehead atoms. The zero-order valence-electron chi connectivity index (χ0n) is 9.24. The molecule has 1 aliphatic rings. The van der Waals surface area contributed by atoms with Gasteiger partial charge in [0.05, 0.1) is 0 Å². The van der Waals surface area contributed by atoms with E-state index in [0.717, 1.165) is 45.1 Å². The number of carbonyl (C=O) groups is 1. The van der Waals surface area contributed by atoms with Crippen molar-refractivity contribution in [2.24, 2.45) is 5.92 Å². The Labute approximate surface area is 91.6 Å². The molecular weight excluding hydrogens is 190 g/mol. The highest BCUT2D eigenvalue weighted by molar-refractivity contribution is 5.78. The number of nitrogens with one attached hydrogen (secondary N) is 1. The summed E-state index contributed by atoms with van der Waals surface area (Å²) >= 11 is 0. The van der Waals surface area contributed by atoms with Gasteiger partial charge in [0.1, 0.15) is 0 Å². The van der Waals surface area contributed by atoms with Gasteiger partial charge >= 0.3 is 0 Å². The normalized spacial score (nSPS) is 20.2. The van der Waals surface area contributed by atoms with Crippen LogP contribution in [0.2, 0.25) is 0 Å². The monoisotopic (exact) mass is 211 g/mol. The molecule has 0 fully saturated rings. The Hall–Kier alpha value is -0.830. The minimum absolute atomic E-state index is 0.188. The van der Waals surface area contributed by atoms with Gasteiger partial charge in [-0.15, -0.1) is 0 Å². The average Bonchev–Trinajstić information content (AvgIpc) is 2.30. The van der Waals surface area contributed by atoms with Crippen LogP contribution in [0.25, 0.3) is 0 Å². The van der Waals surface area contributed by atoms with Gasteiger partial charge < -0.3 is 10.4 Å². The first-order chi connectivity index (χ1) is 7.34. The first kappa shape index (κ1) is 12.2. The summed E-state index contributed by atoms with van der Waals surface area (Å²) in [5.74, 6) is 0.385. The molecule has 1 aliphatic carbocycles. The summed E-state index contributed by atoms with van der Waals surface area (Å²) in [5, 5.41) is 11.5. The molecule has 1 unspecified atom stereocenters. The van der Waals surface area contributed by atoms with Crippen LogP contribution in [-0.2, 0) is 4.79 Å². The Bertz CT molecular complexity index is 214. The summed E-state index contributed by atoms with van der Waals surface area (Å²) < 4.78 is 0. The topological polar surface area (TPSA) is 49.3 Å². The molecule has 1 amide bonds. The van der Waals surface area contributed by atoms with Crippen molar-refractivity contribution in [2.75, 3.05) is 13.2 Å². The van der Waals surface area contributed by atoms with E-state index in [9.17, 15) is 4.79 Å². The van der Waals surface area contributed by atoms with Crippen molar-refractivity contribution in [3.63, 3.8) is 0 Å². The molecule has 0 radical (unpaired) electrons. The fourth-order valence-corrected chi connectivity index (χ4v) is 1.80. The Balaban J connectivity index is 2.05. The Morgan fingerprint density at radius 1 is 1.33 bits per heavy atom. The van der Waals surface area contributed by atoms with E-state index in [1.165, 1.54) is 0 Å². The van der Waals surface area contributed by atoms with E-state index in [1.807, 2.05) is 0 Å². The van der Waals surface area contributed by atoms with E-state index in [-0.39, 0.29) is 18.4 Å². The molecule has 3 heteroatoms. The Kier molecular flexibility index (Phi) is 6.09. The minimum atomic E-state index is 0.188. The number of aliphatic hydroxyl groups is 1. The van der Waals surface area contributed by atoms with Crippen molar-refractivity contribution < 1.29 is 9.90 Å². The van der Waals surface area contributed by atoms with E-state index in [0.29, 0.717) is 0 Å². The molecule has 0 aromatic carbocycles. The highest BCUT2D eigenvalue weighted by atomic mass is 16.2. The van der Waals surface area contributed by atoms with E-state index >= 15 is 0 Å². The molecular formula is C12H21NO2. The maximum Gasteiger partial charge on any atom is 0.223 e. The van der Waals surface area contributed by atoms with Crippen molar-refractivity contribution in [1.82, 2.24) is 5.32 Å². The molecule has 0 aromatic rings. The third kappa shape index (κ3) is 4.98. The standard InChI is InChI=1S/C12H21NO2/c14-10-6-2-5-9-13-12(15)11-7-3-1-4-8-11/h1,3,11,14H,2,4-10H2,(H,13,15). The number of rotatable bonds is 6. The van der Waals surface area contributed by atoms with Crippen molar-refractivity contribution in [3.8, 4) is 0 Å². The molecule has 0 aliphatic heterocycles. The first-order valence-electron chi connectivity index (χ1n) is 5.88. The van der Waals surface area contributed by atoms with Crippen LogP contribution in [0.4, 0.5) is 0 Å². The second-order valence-electron chi connectivity index (χ2n) is 4.06. The lowest BCUT2D eigenvalue weighted by Gasteiger charge is -2.17. The number of aliphatic hydroxyl groups excluding tert-OH is 1. The van der Waals surface area contributed by atoms with E-state index in [1.54, 1.807) is 0 Å². The predicted molar refractivity (Wildman–Crippen MR) is 60.4 cm³/mol. The van der Waals surface area contributed by atoms with Crippen LogP contribution in [0, 0.1) is 5.92 Å². The van der Waals surface area contributed by atoms with Crippen LogP contribution in [0.3, 0.4) is 0 Å². The van der Waals surface area contributed by atoms with Crippen LogP contribution in [-0.4, -0.2) is 24.2 Å². The van der Waals surface area contributed by atoms with Gasteiger partial charge in [-0.3, -0.25) is 4.79 Å². The summed E-state index contributed by atoms with van der Waals surface area (Å²) in [6.45, 7) is 1.00. The van der Waals surface area contributed by atoms with Crippen LogP contribution in [0.5, 0.6) is 0 Å². The van der Waals surface area contributed by atoms with E-state index < -0.39 is 0 Å². The fraction of sp³-hybridized carbons (Fsp3) is 0.750. The van der Waals surface area contributed by atoms with Gasteiger partial charge in [0.15, 0.2) is 0 Å². The zero-order chi connectivity index (χ0) is 10.9. The molecule has 2 N–H and O–H groups in total. The van der Waals surface area contributed by atoms with Crippen LogP contribution < -0.4 is 5.32 Å². The third-order valence-electron chi connectivity index (χ3n) is 2.77. The van der Waals surface area contributed by atoms with Gasteiger partial charge in [0, 0.05) is 19.1 Å². The van der Waals surface area contributed by atoms with Gasteiger partial charge in [-0.05, 0) is 38.5 Å². The summed E-state index contributed by atoms with van der Waals surface area (Å²) in [6, 6.07) is 0. The number of amides is 1. The number of hydrogen-bond acceptors (Lipinski definition) is 2. The Morgan fingerprint density at radius 3 is 2.87 bits per heavy atom. The van der Waals surface area contributed by atoms with Gasteiger partial charge in [-0.2, -0.15) is 0 Å². The van der Waals surface area contributed by atoms with Crippen molar-refractivity contribution in [2.45, 2.75) is 38.5 Å². The highest BCUT2D eigenvalue weighted by Gasteiger charge is 2.17. The lowest BCUT2D eigenvalue weighted by atomic mass is 9.94. The van der Waals surface area contributed by atoms with Gasteiger partial charge in [-0.1, -0.05) is 12.2 Å². The Morgan fingerprint density at radius 2 is 2.20 bits per heavy atom. The van der Waals surface area contributed by atoms with Crippen LogP contribution >= 0.6 is 0 Å². The van der Waals surface area contributed by atoms with Gasteiger partial charge in [-0.25, -0.2) is 0 Å². The summed E-state index contributed by atoms with van der Waals surface area (Å²) in [7, 11) is 0. The van der Waals surface area contributed by atoms with Crippen LogP contribution in [0.1, 0.15) is 38.5 Å². The smallest absolute Gasteiger partial charge is 0.223 e. The predicted octanol–water partition coefficient (Wildman–Crippen LogP) is 1.62. The number of carbonyl (C=O) groups excluding carboxylic acids is 1. The maximum absolute atomic E-state index is 11.6. The minimum Gasteiger partial charge on any atom is -0.396 e. The second-order valence-corrected chi connectivity index (χ2v) is 4.06. The number of allylic oxidation sites excluding steroid dienone is 2. The molecule has 0 aromatic heterocycles. The molecule has 3 nitrogen and oxygen atoms in total. The number of hydrogen-bond donors (Lipinski definition) is 2. The molecule has 0 spiro atoms. The second kappa shape index (κ2) is 7.46. The lowest BCUT2D eigenvalue weighted by molar-refractivity contribution is -0.125. The summed E-state index contributed by atoms with van der Waals surface area (Å²) in [6.07, 6.45) is 9.94. The molecule has 0 heterocycles. The summed E-state index contributed by atoms with van der Waals surface area (Å²) in [5.41, 5.74) is 0. The molecule has 1 atom stereocenters. The lowest BCUT2D eigenvalue weighted by Crippen LogP contribution is -2.31. The van der Waals surface area contributed by atoms with E-state index in [2.05, 4.69) is 17.5 Å². The first-order valence-corrected chi connectivity index (χ1v) is 5.88. The SMILES string of the molecule is O=C(NCCCCCO)C1CC=CCC1. The highest BCUT2D eigenvalue weighted by Crippen LogP contribution is 2.17. The number of unbranched alkanes of at least 4 members (excludes halogenated alkanes) is 2. The zero-order valence-corrected chi connectivity index (χ0v) is 9.24. The van der Waals surface area contributed by atoms with Crippen molar-refractivity contribution >= 4 is 5.91 Å². The fourth-order valence-electron chi connectivity index (χ4n) is 1.80. The largest absolute Gasteiger partial charge is 0.396 e. The van der Waals surface area contributed by atoms with Crippen molar-refractivity contribution in [1.29, 1.82) is 0 Å². The molecule has 86 valence electrons. The molecule has 0 saturated heterocycles. The van der Waals surface area contributed by atoms with Crippen LogP contribution in [0.15, 0.2) is 12.2 Å². The van der Waals surface area contributed by atoms with Crippen molar-refractivity contribution in [3.05, 3.63) is 12.2 Å². The molecule has 1 rings (SSSR count). The van der Waals surface area contributed by atoms with Gasteiger partial charge in [0.25, 0.3) is 0 Å². The maximum atomic E-state index is 11.6. The van der Waals surface area contributed by atoms with E-state index in [4.69, 9.17) is 5.11 Å². The molecule has 15 heavy (non-hydrogen) atoms. The van der Waals surface area contributed by atoms with Gasteiger partial charge in [0.2, 0.25) is 5.91 Å².